The Morgan fingerprint density at radius 3 is 2.48 bits per heavy atom. The molecule has 1 unspecified atom stereocenters. The van der Waals surface area contributed by atoms with E-state index in [1.54, 1.807) is 0 Å². The van der Waals surface area contributed by atoms with Crippen molar-refractivity contribution in [2.45, 2.75) is 39.7 Å². The molecule has 2 aromatic rings. The summed E-state index contributed by atoms with van der Waals surface area (Å²) in [7, 11) is 0. The van der Waals surface area contributed by atoms with Crippen LogP contribution in [0.15, 0.2) is 89.3 Å². The van der Waals surface area contributed by atoms with Gasteiger partial charge in [-0.05, 0) is 62.5 Å². The number of allylic oxidation sites excluding steroid dienone is 5. The summed E-state index contributed by atoms with van der Waals surface area (Å²) >= 11 is 0. The number of nitrogens with one attached hydrogen (secondary N) is 1. The third-order valence-corrected chi connectivity index (χ3v) is 4.64. The maximum atomic E-state index is 4.61. The summed E-state index contributed by atoms with van der Waals surface area (Å²) in [5.74, 6) is 0. The molecular weight excluding hydrogens is 304 g/mol. The van der Waals surface area contributed by atoms with Crippen molar-refractivity contribution in [1.29, 1.82) is 0 Å². The van der Waals surface area contributed by atoms with Crippen LogP contribution in [-0.4, -0.2) is 4.98 Å². The van der Waals surface area contributed by atoms with Gasteiger partial charge in [-0.3, -0.25) is 4.98 Å². The molecule has 25 heavy (non-hydrogen) atoms. The van der Waals surface area contributed by atoms with Crippen LogP contribution in [0.4, 0.5) is 0 Å². The zero-order valence-electron chi connectivity index (χ0n) is 15.3. The van der Waals surface area contributed by atoms with Crippen molar-refractivity contribution in [3.63, 3.8) is 0 Å². The van der Waals surface area contributed by atoms with Gasteiger partial charge in [0.15, 0.2) is 0 Å². The van der Waals surface area contributed by atoms with Crippen molar-refractivity contribution >= 4 is 0 Å². The van der Waals surface area contributed by atoms with Gasteiger partial charge in [-0.15, -0.1) is 0 Å². The van der Waals surface area contributed by atoms with E-state index < -0.39 is 0 Å². The molecule has 0 spiro atoms. The molecule has 1 atom stereocenters. The van der Waals surface area contributed by atoms with Gasteiger partial charge in [0.05, 0.1) is 11.7 Å². The van der Waals surface area contributed by atoms with Crippen LogP contribution in [0.25, 0.3) is 0 Å². The maximum absolute atomic E-state index is 4.61. The summed E-state index contributed by atoms with van der Waals surface area (Å²) in [5.41, 5.74) is 7.63. The lowest BCUT2D eigenvalue weighted by atomic mass is 10.00. The van der Waals surface area contributed by atoms with E-state index in [9.17, 15) is 0 Å². The molecule has 1 N–H and O–H groups in total. The summed E-state index contributed by atoms with van der Waals surface area (Å²) < 4.78 is 0. The van der Waals surface area contributed by atoms with Crippen LogP contribution in [0.5, 0.6) is 0 Å². The van der Waals surface area contributed by atoms with Gasteiger partial charge in [0.25, 0.3) is 0 Å². The summed E-state index contributed by atoms with van der Waals surface area (Å²) in [6, 6.07) is 16.9. The van der Waals surface area contributed by atoms with Crippen molar-refractivity contribution in [1.82, 2.24) is 10.3 Å². The Morgan fingerprint density at radius 1 is 1.00 bits per heavy atom. The lowest BCUT2D eigenvalue weighted by Crippen LogP contribution is -2.25. The first kappa shape index (κ1) is 17.2. The monoisotopic (exact) mass is 330 g/mol. The minimum Gasteiger partial charge on any atom is -0.376 e. The molecule has 0 fully saturated rings. The summed E-state index contributed by atoms with van der Waals surface area (Å²) in [6.07, 6.45) is 8.33. The highest BCUT2D eigenvalue weighted by atomic mass is 15.0. The largest absolute Gasteiger partial charge is 0.376 e. The van der Waals surface area contributed by atoms with E-state index in [2.05, 4.69) is 85.7 Å². The molecule has 0 aliphatic heterocycles. The highest BCUT2D eigenvalue weighted by Crippen LogP contribution is 2.26. The van der Waals surface area contributed by atoms with Crippen molar-refractivity contribution < 1.29 is 0 Å². The fourth-order valence-electron chi connectivity index (χ4n) is 3.30. The Kier molecular flexibility index (Phi) is 5.49. The number of hydrogen-bond donors (Lipinski definition) is 1. The molecule has 1 aromatic heterocycles. The molecule has 128 valence electrons. The predicted molar refractivity (Wildman–Crippen MR) is 105 cm³/mol. The minimum absolute atomic E-state index is 0.148. The number of rotatable bonds is 5. The Labute approximate surface area is 151 Å². The molecule has 0 saturated heterocycles. The average molecular weight is 330 g/mol. The van der Waals surface area contributed by atoms with Gasteiger partial charge in [0.2, 0.25) is 0 Å². The predicted octanol–water partition coefficient (Wildman–Crippen LogP) is 5.53. The molecule has 2 heteroatoms. The normalized spacial score (nSPS) is 16.0. The third kappa shape index (κ3) is 4.48. The van der Waals surface area contributed by atoms with E-state index in [4.69, 9.17) is 0 Å². The van der Waals surface area contributed by atoms with Gasteiger partial charge in [-0.2, -0.15) is 0 Å². The smallest absolute Gasteiger partial charge is 0.0725 e. The van der Waals surface area contributed by atoms with E-state index in [-0.39, 0.29) is 6.04 Å². The molecular formula is C23H26N2. The van der Waals surface area contributed by atoms with Gasteiger partial charge in [0, 0.05) is 11.9 Å². The van der Waals surface area contributed by atoms with Gasteiger partial charge in [-0.1, -0.05) is 54.1 Å². The highest BCUT2D eigenvalue weighted by Gasteiger charge is 2.17. The number of benzene rings is 1. The standard InChI is InChI=1S/C23H26N2/c1-17-12-13-18(2)23(19(3)15-17)25-22(21-11-7-8-14-24-21)16-20-9-5-4-6-10-20/h4-12,14-15,22,25H,13,16H2,1-3H3. The van der Waals surface area contributed by atoms with Gasteiger partial charge < -0.3 is 5.32 Å². The molecule has 1 heterocycles. The highest BCUT2D eigenvalue weighted by molar-refractivity contribution is 5.41. The SMILES string of the molecule is CC1=CCC(C)=C(NC(Cc2ccccc2)c2ccccn2)C(C)=C1. The Morgan fingerprint density at radius 2 is 1.76 bits per heavy atom. The number of hydrogen-bond acceptors (Lipinski definition) is 2. The number of nitrogens with zero attached hydrogens (tertiary/aromatic N) is 1. The molecule has 3 rings (SSSR count). The second-order valence-corrected chi connectivity index (χ2v) is 6.78. The molecule has 0 radical (unpaired) electrons. The minimum atomic E-state index is 0.148. The lowest BCUT2D eigenvalue weighted by molar-refractivity contribution is 0.578. The van der Waals surface area contributed by atoms with Gasteiger partial charge in [0.1, 0.15) is 0 Å². The second-order valence-electron chi connectivity index (χ2n) is 6.78. The first-order valence-corrected chi connectivity index (χ1v) is 8.90. The summed E-state index contributed by atoms with van der Waals surface area (Å²) in [6.45, 7) is 6.57. The van der Waals surface area contributed by atoms with Crippen molar-refractivity contribution in [3.8, 4) is 0 Å². The van der Waals surface area contributed by atoms with E-state index in [0.717, 1.165) is 18.5 Å². The molecule has 1 aliphatic rings. The molecule has 2 nitrogen and oxygen atoms in total. The molecule has 0 saturated carbocycles. The van der Waals surface area contributed by atoms with Crippen LogP contribution in [-0.2, 0) is 6.42 Å². The average Bonchev–Trinajstić information content (AvgIpc) is 2.75. The Bertz CT molecular complexity index is 799. The fraction of sp³-hybridized carbons (Fsp3) is 0.261. The fourth-order valence-corrected chi connectivity index (χ4v) is 3.30. The molecule has 1 aliphatic carbocycles. The van der Waals surface area contributed by atoms with Crippen molar-refractivity contribution in [2.24, 2.45) is 0 Å². The van der Waals surface area contributed by atoms with E-state index >= 15 is 0 Å². The molecule has 1 aromatic carbocycles. The lowest BCUT2D eigenvalue weighted by Gasteiger charge is -2.23. The van der Waals surface area contributed by atoms with Gasteiger partial charge in [-0.25, -0.2) is 0 Å². The van der Waals surface area contributed by atoms with Crippen LogP contribution in [0.3, 0.4) is 0 Å². The quantitative estimate of drug-likeness (QED) is 0.780. The number of pyridine rings is 1. The van der Waals surface area contributed by atoms with Crippen molar-refractivity contribution in [2.75, 3.05) is 0 Å². The maximum Gasteiger partial charge on any atom is 0.0725 e. The second kappa shape index (κ2) is 7.98. The molecule has 0 bridgehead atoms. The topological polar surface area (TPSA) is 24.9 Å². The van der Waals surface area contributed by atoms with Crippen LogP contribution in [0.1, 0.15) is 44.5 Å². The van der Waals surface area contributed by atoms with Crippen LogP contribution < -0.4 is 5.32 Å². The van der Waals surface area contributed by atoms with E-state index in [1.165, 1.54) is 28.0 Å². The first-order valence-electron chi connectivity index (χ1n) is 8.90. The summed E-state index contributed by atoms with van der Waals surface area (Å²) in [5, 5.41) is 3.80. The summed E-state index contributed by atoms with van der Waals surface area (Å²) in [4.78, 5) is 4.61. The first-order chi connectivity index (χ1) is 12.1. The zero-order valence-corrected chi connectivity index (χ0v) is 15.3. The molecule has 0 amide bonds. The van der Waals surface area contributed by atoms with Crippen molar-refractivity contribution in [3.05, 3.63) is 101 Å². The zero-order chi connectivity index (χ0) is 17.6. The van der Waals surface area contributed by atoms with Crippen LogP contribution in [0, 0.1) is 0 Å². The third-order valence-electron chi connectivity index (χ3n) is 4.64. The van der Waals surface area contributed by atoms with Crippen LogP contribution >= 0.6 is 0 Å². The van der Waals surface area contributed by atoms with Crippen LogP contribution in [0.2, 0.25) is 0 Å². The van der Waals surface area contributed by atoms with Gasteiger partial charge >= 0.3 is 0 Å². The van der Waals surface area contributed by atoms with E-state index in [0.29, 0.717) is 0 Å². The number of aromatic nitrogens is 1. The Balaban J connectivity index is 1.91. The Hall–Kier alpha value is -2.61. The van der Waals surface area contributed by atoms with E-state index in [1.807, 2.05) is 12.3 Å².